The van der Waals surface area contributed by atoms with Gasteiger partial charge in [0.25, 0.3) is 0 Å². The summed E-state index contributed by atoms with van der Waals surface area (Å²) in [5.74, 6) is -0.530. The molecule has 1 rings (SSSR count). The minimum atomic E-state index is -0.517. The molecule has 0 bridgehead atoms. The zero-order valence-electron chi connectivity index (χ0n) is 13.3. The van der Waals surface area contributed by atoms with E-state index in [0.717, 1.165) is 0 Å². The molecule has 116 valence electrons. The Balaban J connectivity index is 2.58. The molecule has 0 aliphatic carbocycles. The highest BCUT2D eigenvalue weighted by atomic mass is 16.6. The van der Waals surface area contributed by atoms with Gasteiger partial charge < -0.3 is 9.47 Å². The summed E-state index contributed by atoms with van der Waals surface area (Å²) in [7, 11) is 0. The predicted octanol–water partition coefficient (Wildman–Crippen LogP) is 2.89. The van der Waals surface area contributed by atoms with Gasteiger partial charge in [0, 0.05) is 17.2 Å². The Morgan fingerprint density at radius 3 is 2.33 bits per heavy atom. The Bertz CT molecular complexity index is 486. The minimum absolute atomic E-state index is 0.0137. The standard InChI is InChI=1S/C16H23NO4/c1-11(2)20-8-9-21-15(19)13-7-6-12(10-17-13)14(18)16(3,4)5/h6-7,10-11H,8-9H2,1-5H3. The molecule has 0 radical (unpaired) electrons. The molecule has 0 aliphatic heterocycles. The summed E-state index contributed by atoms with van der Waals surface area (Å²) < 4.78 is 10.3. The molecule has 0 N–H and O–H groups in total. The number of aromatic nitrogens is 1. The van der Waals surface area contributed by atoms with Gasteiger partial charge in [-0.05, 0) is 26.0 Å². The van der Waals surface area contributed by atoms with Gasteiger partial charge in [0.15, 0.2) is 5.78 Å². The van der Waals surface area contributed by atoms with Crippen LogP contribution in [0.15, 0.2) is 18.3 Å². The van der Waals surface area contributed by atoms with Crippen molar-refractivity contribution in [1.82, 2.24) is 4.98 Å². The van der Waals surface area contributed by atoms with Crippen LogP contribution >= 0.6 is 0 Å². The number of ketones is 1. The zero-order chi connectivity index (χ0) is 16.0. The Labute approximate surface area is 125 Å². The van der Waals surface area contributed by atoms with Crippen molar-refractivity contribution in [3.63, 3.8) is 0 Å². The van der Waals surface area contributed by atoms with Crippen LogP contribution in [-0.2, 0) is 9.47 Å². The lowest BCUT2D eigenvalue weighted by atomic mass is 9.87. The first kappa shape index (κ1) is 17.3. The van der Waals surface area contributed by atoms with Crippen LogP contribution in [-0.4, -0.2) is 36.1 Å². The molecule has 1 heterocycles. The highest BCUT2D eigenvalue weighted by Crippen LogP contribution is 2.20. The van der Waals surface area contributed by atoms with E-state index in [9.17, 15) is 9.59 Å². The maximum absolute atomic E-state index is 12.0. The van der Waals surface area contributed by atoms with Crippen LogP contribution in [0.25, 0.3) is 0 Å². The first-order chi connectivity index (χ1) is 9.71. The highest BCUT2D eigenvalue weighted by Gasteiger charge is 2.23. The number of pyridine rings is 1. The van der Waals surface area contributed by atoms with Gasteiger partial charge in [-0.3, -0.25) is 4.79 Å². The van der Waals surface area contributed by atoms with Crippen molar-refractivity contribution >= 4 is 11.8 Å². The number of ether oxygens (including phenoxy) is 2. The van der Waals surface area contributed by atoms with Crippen molar-refractivity contribution in [2.45, 2.75) is 40.7 Å². The lowest BCUT2D eigenvalue weighted by molar-refractivity contribution is 0.0172. The second kappa shape index (κ2) is 7.31. The number of carbonyl (C=O) groups is 2. The molecule has 0 saturated heterocycles. The highest BCUT2D eigenvalue weighted by molar-refractivity contribution is 6.00. The third-order valence-electron chi connectivity index (χ3n) is 2.68. The van der Waals surface area contributed by atoms with Gasteiger partial charge in [-0.2, -0.15) is 0 Å². The molecule has 0 aliphatic rings. The zero-order valence-corrected chi connectivity index (χ0v) is 13.3. The molecule has 0 spiro atoms. The number of esters is 1. The summed E-state index contributed by atoms with van der Waals surface area (Å²) >= 11 is 0. The molecule has 0 fully saturated rings. The molecule has 1 aromatic heterocycles. The average molecular weight is 293 g/mol. The van der Waals surface area contributed by atoms with Crippen LogP contribution < -0.4 is 0 Å². The number of hydrogen-bond donors (Lipinski definition) is 0. The molecular formula is C16H23NO4. The fourth-order valence-electron chi connectivity index (χ4n) is 1.57. The molecule has 5 nitrogen and oxygen atoms in total. The Morgan fingerprint density at radius 1 is 1.19 bits per heavy atom. The summed E-state index contributed by atoms with van der Waals surface area (Å²) in [4.78, 5) is 27.8. The fraction of sp³-hybridized carbons (Fsp3) is 0.562. The van der Waals surface area contributed by atoms with Crippen molar-refractivity contribution in [3.05, 3.63) is 29.6 Å². The van der Waals surface area contributed by atoms with Crippen molar-refractivity contribution in [1.29, 1.82) is 0 Å². The van der Waals surface area contributed by atoms with E-state index in [-0.39, 0.29) is 24.2 Å². The third kappa shape index (κ3) is 5.63. The van der Waals surface area contributed by atoms with E-state index >= 15 is 0 Å². The maximum Gasteiger partial charge on any atom is 0.356 e. The normalized spacial score (nSPS) is 11.5. The first-order valence-electron chi connectivity index (χ1n) is 7.01. The van der Waals surface area contributed by atoms with Gasteiger partial charge >= 0.3 is 5.97 Å². The van der Waals surface area contributed by atoms with Crippen molar-refractivity contribution < 1.29 is 19.1 Å². The van der Waals surface area contributed by atoms with E-state index in [2.05, 4.69) is 4.98 Å². The van der Waals surface area contributed by atoms with E-state index in [1.54, 1.807) is 6.07 Å². The SMILES string of the molecule is CC(C)OCCOC(=O)c1ccc(C(=O)C(C)(C)C)cn1. The molecule has 0 amide bonds. The Hall–Kier alpha value is -1.75. The Morgan fingerprint density at radius 2 is 1.86 bits per heavy atom. The first-order valence-corrected chi connectivity index (χ1v) is 7.01. The maximum atomic E-state index is 12.0. The second-order valence-electron chi connectivity index (χ2n) is 6.07. The van der Waals surface area contributed by atoms with Gasteiger partial charge in [0.1, 0.15) is 12.3 Å². The molecule has 21 heavy (non-hydrogen) atoms. The van der Waals surface area contributed by atoms with E-state index < -0.39 is 11.4 Å². The number of nitrogens with zero attached hydrogens (tertiary/aromatic N) is 1. The van der Waals surface area contributed by atoms with Crippen LogP contribution in [0.4, 0.5) is 0 Å². The molecule has 0 atom stereocenters. The number of hydrogen-bond acceptors (Lipinski definition) is 5. The molecule has 5 heteroatoms. The van der Waals surface area contributed by atoms with Crippen LogP contribution in [0.2, 0.25) is 0 Å². The van der Waals surface area contributed by atoms with Gasteiger partial charge in [-0.25, -0.2) is 9.78 Å². The smallest absolute Gasteiger partial charge is 0.356 e. The third-order valence-corrected chi connectivity index (χ3v) is 2.68. The number of carbonyl (C=O) groups excluding carboxylic acids is 2. The van der Waals surface area contributed by atoms with Crippen molar-refractivity contribution in [3.8, 4) is 0 Å². The van der Waals surface area contributed by atoms with Crippen molar-refractivity contribution in [2.24, 2.45) is 5.41 Å². The average Bonchev–Trinajstić information content (AvgIpc) is 2.41. The van der Waals surface area contributed by atoms with Gasteiger partial charge in [-0.1, -0.05) is 20.8 Å². The second-order valence-corrected chi connectivity index (χ2v) is 6.07. The van der Waals surface area contributed by atoms with E-state index in [4.69, 9.17) is 9.47 Å². The molecular weight excluding hydrogens is 270 g/mol. The van der Waals surface area contributed by atoms with Gasteiger partial charge in [0.2, 0.25) is 0 Å². The van der Waals surface area contributed by atoms with Crippen LogP contribution in [0.3, 0.4) is 0 Å². The van der Waals surface area contributed by atoms with E-state index in [1.807, 2.05) is 34.6 Å². The number of rotatable bonds is 6. The predicted molar refractivity (Wildman–Crippen MR) is 79.4 cm³/mol. The quantitative estimate of drug-likeness (QED) is 0.458. The fourth-order valence-corrected chi connectivity index (χ4v) is 1.57. The summed E-state index contributed by atoms with van der Waals surface area (Å²) in [6.45, 7) is 9.87. The lowest BCUT2D eigenvalue weighted by Crippen LogP contribution is -2.20. The molecule has 0 saturated carbocycles. The lowest BCUT2D eigenvalue weighted by Gasteiger charge is -2.16. The van der Waals surface area contributed by atoms with Crippen LogP contribution in [0.5, 0.6) is 0 Å². The van der Waals surface area contributed by atoms with Gasteiger partial charge in [-0.15, -0.1) is 0 Å². The van der Waals surface area contributed by atoms with Gasteiger partial charge in [0.05, 0.1) is 12.7 Å². The van der Waals surface area contributed by atoms with E-state index in [1.165, 1.54) is 12.3 Å². The molecule has 0 aromatic carbocycles. The Kier molecular flexibility index (Phi) is 6.03. The molecule has 0 unspecified atom stereocenters. The summed E-state index contributed by atoms with van der Waals surface area (Å²) in [5.41, 5.74) is 0.199. The van der Waals surface area contributed by atoms with Crippen molar-refractivity contribution in [2.75, 3.05) is 13.2 Å². The van der Waals surface area contributed by atoms with E-state index in [0.29, 0.717) is 12.2 Å². The van der Waals surface area contributed by atoms with Crippen LogP contribution in [0, 0.1) is 5.41 Å². The summed E-state index contributed by atoms with van der Waals surface area (Å²) in [5, 5.41) is 0. The summed E-state index contributed by atoms with van der Waals surface area (Å²) in [6.07, 6.45) is 1.51. The van der Waals surface area contributed by atoms with Crippen LogP contribution in [0.1, 0.15) is 55.5 Å². The molecule has 1 aromatic rings. The minimum Gasteiger partial charge on any atom is -0.459 e. The summed E-state index contributed by atoms with van der Waals surface area (Å²) in [6, 6.07) is 3.10. The number of Topliss-reactive ketones (excluding diaryl/α,β-unsaturated/α-hetero) is 1. The monoisotopic (exact) mass is 293 g/mol. The topological polar surface area (TPSA) is 65.5 Å². The largest absolute Gasteiger partial charge is 0.459 e.